The summed E-state index contributed by atoms with van der Waals surface area (Å²) < 4.78 is 11.7. The second kappa shape index (κ2) is 8.06. The van der Waals surface area contributed by atoms with Crippen molar-refractivity contribution in [3.05, 3.63) is 34.5 Å². The number of carbonyl (C=O) groups excluding carboxylic acids is 1. The van der Waals surface area contributed by atoms with E-state index in [1.54, 1.807) is 25.4 Å². The average Bonchev–Trinajstić information content (AvgIpc) is 3.26. The molecule has 8 heteroatoms. The van der Waals surface area contributed by atoms with Crippen LogP contribution in [-0.4, -0.2) is 40.4 Å². The third-order valence-corrected chi connectivity index (χ3v) is 4.29. The number of hydrogen-bond donors (Lipinski definition) is 1. The minimum Gasteiger partial charge on any atom is -0.383 e. The zero-order valence-corrected chi connectivity index (χ0v) is 14.2. The van der Waals surface area contributed by atoms with Crippen molar-refractivity contribution in [2.45, 2.75) is 44.7 Å². The molecule has 2 aromatic rings. The van der Waals surface area contributed by atoms with Gasteiger partial charge in [0.15, 0.2) is 5.82 Å². The van der Waals surface area contributed by atoms with Crippen molar-refractivity contribution >= 4 is 5.91 Å². The first-order valence-electron chi connectivity index (χ1n) is 8.48. The summed E-state index contributed by atoms with van der Waals surface area (Å²) in [5.74, 6) is 0.280. The number of ether oxygens (including phenoxy) is 1. The molecule has 1 saturated carbocycles. The first kappa shape index (κ1) is 17.3. The Morgan fingerprint density at radius 3 is 3.00 bits per heavy atom. The summed E-state index contributed by atoms with van der Waals surface area (Å²) in [6.07, 6.45) is 6.08. The van der Waals surface area contributed by atoms with Crippen LogP contribution in [0.3, 0.4) is 0 Å². The molecule has 0 aromatic carbocycles. The van der Waals surface area contributed by atoms with E-state index in [-0.39, 0.29) is 35.6 Å². The topological polar surface area (TPSA) is 99.2 Å². The van der Waals surface area contributed by atoms with Gasteiger partial charge in [-0.05, 0) is 25.0 Å². The summed E-state index contributed by atoms with van der Waals surface area (Å²) >= 11 is 0. The SMILES string of the molecule is COCCn1cccc(-c2nc(CC(=O)NC3CCCC3)no2)c1=O. The Morgan fingerprint density at radius 2 is 2.24 bits per heavy atom. The molecule has 8 nitrogen and oxygen atoms in total. The molecule has 0 bridgehead atoms. The number of aromatic nitrogens is 3. The first-order valence-corrected chi connectivity index (χ1v) is 8.48. The van der Waals surface area contributed by atoms with Gasteiger partial charge in [-0.1, -0.05) is 18.0 Å². The lowest BCUT2D eigenvalue weighted by Crippen LogP contribution is -2.33. The summed E-state index contributed by atoms with van der Waals surface area (Å²) in [6.45, 7) is 0.869. The van der Waals surface area contributed by atoms with E-state index in [0.717, 1.165) is 25.7 Å². The average molecular weight is 346 g/mol. The third kappa shape index (κ3) is 4.33. The van der Waals surface area contributed by atoms with Crippen LogP contribution in [0.2, 0.25) is 0 Å². The molecule has 134 valence electrons. The largest absolute Gasteiger partial charge is 0.383 e. The Morgan fingerprint density at radius 1 is 1.44 bits per heavy atom. The molecule has 1 aliphatic carbocycles. The van der Waals surface area contributed by atoms with Gasteiger partial charge in [-0.25, -0.2) is 0 Å². The summed E-state index contributed by atoms with van der Waals surface area (Å²) in [4.78, 5) is 28.7. The maximum Gasteiger partial charge on any atom is 0.263 e. The van der Waals surface area contributed by atoms with Crippen LogP contribution in [0.4, 0.5) is 0 Å². The molecule has 1 amide bonds. The van der Waals surface area contributed by atoms with E-state index in [0.29, 0.717) is 18.7 Å². The van der Waals surface area contributed by atoms with Gasteiger partial charge in [0.2, 0.25) is 5.91 Å². The van der Waals surface area contributed by atoms with Crippen LogP contribution in [0.5, 0.6) is 0 Å². The zero-order valence-electron chi connectivity index (χ0n) is 14.2. The van der Waals surface area contributed by atoms with Gasteiger partial charge < -0.3 is 19.1 Å². The molecule has 0 radical (unpaired) electrons. The molecule has 2 aromatic heterocycles. The number of carbonyl (C=O) groups is 1. The highest BCUT2D eigenvalue weighted by Gasteiger charge is 2.19. The van der Waals surface area contributed by atoms with Gasteiger partial charge in [-0.15, -0.1) is 0 Å². The number of nitrogens with one attached hydrogen (secondary N) is 1. The molecule has 0 unspecified atom stereocenters. The van der Waals surface area contributed by atoms with E-state index >= 15 is 0 Å². The molecule has 25 heavy (non-hydrogen) atoms. The smallest absolute Gasteiger partial charge is 0.263 e. The number of rotatable bonds is 7. The fraction of sp³-hybridized carbons (Fsp3) is 0.529. The van der Waals surface area contributed by atoms with Gasteiger partial charge in [0.1, 0.15) is 5.56 Å². The van der Waals surface area contributed by atoms with Gasteiger partial charge in [-0.2, -0.15) is 4.98 Å². The Kier molecular flexibility index (Phi) is 5.60. The molecule has 0 spiro atoms. The maximum absolute atomic E-state index is 12.4. The number of methoxy groups -OCH3 is 1. The van der Waals surface area contributed by atoms with Crippen LogP contribution in [0.25, 0.3) is 11.5 Å². The van der Waals surface area contributed by atoms with Gasteiger partial charge in [0, 0.05) is 25.9 Å². The molecule has 1 fully saturated rings. The molecule has 1 aliphatic rings. The Labute approximate surface area is 145 Å². The molecule has 0 atom stereocenters. The van der Waals surface area contributed by atoms with Crippen molar-refractivity contribution in [3.63, 3.8) is 0 Å². The number of nitrogens with zero attached hydrogens (tertiary/aromatic N) is 3. The van der Waals surface area contributed by atoms with Crippen molar-refractivity contribution in [1.29, 1.82) is 0 Å². The number of hydrogen-bond acceptors (Lipinski definition) is 6. The van der Waals surface area contributed by atoms with E-state index in [9.17, 15) is 9.59 Å². The molecule has 0 aliphatic heterocycles. The Bertz CT molecular complexity index is 777. The van der Waals surface area contributed by atoms with E-state index < -0.39 is 0 Å². The first-order chi connectivity index (χ1) is 12.2. The minimum atomic E-state index is -0.231. The van der Waals surface area contributed by atoms with Gasteiger partial charge >= 0.3 is 0 Å². The lowest BCUT2D eigenvalue weighted by Gasteiger charge is -2.10. The standard InChI is InChI=1S/C17H22N4O4/c1-24-10-9-21-8-4-7-13(17(21)23)16-19-14(20-25-16)11-15(22)18-12-5-2-3-6-12/h4,7-8,12H,2-3,5-6,9-11H2,1H3,(H,18,22). The highest BCUT2D eigenvalue weighted by molar-refractivity contribution is 5.78. The van der Waals surface area contributed by atoms with Crippen LogP contribution >= 0.6 is 0 Å². The van der Waals surface area contributed by atoms with Crippen molar-refractivity contribution in [2.24, 2.45) is 0 Å². The highest BCUT2D eigenvalue weighted by Crippen LogP contribution is 2.18. The van der Waals surface area contributed by atoms with Crippen molar-refractivity contribution in [1.82, 2.24) is 20.0 Å². The predicted octanol–water partition coefficient (Wildman–Crippen LogP) is 1.15. The number of pyridine rings is 1. The normalized spacial score (nSPS) is 14.8. The minimum absolute atomic E-state index is 0.0463. The second-order valence-electron chi connectivity index (χ2n) is 6.15. The van der Waals surface area contributed by atoms with E-state index in [1.807, 2.05) is 0 Å². The van der Waals surface area contributed by atoms with E-state index in [2.05, 4.69) is 15.5 Å². The fourth-order valence-electron chi connectivity index (χ4n) is 2.99. The van der Waals surface area contributed by atoms with Crippen molar-refractivity contribution in [2.75, 3.05) is 13.7 Å². The molecule has 0 saturated heterocycles. The van der Waals surface area contributed by atoms with Gasteiger partial charge in [0.25, 0.3) is 11.4 Å². The molecular formula is C17H22N4O4. The second-order valence-corrected chi connectivity index (χ2v) is 6.15. The Balaban J connectivity index is 1.68. The lowest BCUT2D eigenvalue weighted by molar-refractivity contribution is -0.121. The quantitative estimate of drug-likeness (QED) is 0.807. The molecular weight excluding hydrogens is 324 g/mol. The third-order valence-electron chi connectivity index (χ3n) is 4.29. The highest BCUT2D eigenvalue weighted by atomic mass is 16.5. The molecule has 2 heterocycles. The summed E-state index contributed by atoms with van der Waals surface area (Å²) in [7, 11) is 1.58. The summed E-state index contributed by atoms with van der Waals surface area (Å²) in [5, 5.41) is 6.80. The van der Waals surface area contributed by atoms with Crippen LogP contribution in [0.1, 0.15) is 31.5 Å². The lowest BCUT2D eigenvalue weighted by atomic mass is 10.2. The predicted molar refractivity (Wildman–Crippen MR) is 90.0 cm³/mol. The summed E-state index contributed by atoms with van der Waals surface area (Å²) in [5.41, 5.74) is 0.0821. The van der Waals surface area contributed by atoms with Crippen molar-refractivity contribution in [3.8, 4) is 11.5 Å². The summed E-state index contributed by atoms with van der Waals surface area (Å²) in [6, 6.07) is 3.62. The number of amides is 1. The zero-order chi connectivity index (χ0) is 17.6. The monoisotopic (exact) mass is 346 g/mol. The van der Waals surface area contributed by atoms with Crippen LogP contribution in [-0.2, 0) is 22.5 Å². The Hall–Kier alpha value is -2.48. The van der Waals surface area contributed by atoms with E-state index in [1.165, 1.54) is 4.57 Å². The molecule has 3 rings (SSSR count). The maximum atomic E-state index is 12.4. The van der Waals surface area contributed by atoms with E-state index in [4.69, 9.17) is 9.26 Å². The van der Waals surface area contributed by atoms with Crippen LogP contribution < -0.4 is 10.9 Å². The van der Waals surface area contributed by atoms with Gasteiger partial charge in [0.05, 0.1) is 13.0 Å². The molecule has 1 N–H and O–H groups in total. The fourth-order valence-corrected chi connectivity index (χ4v) is 2.99. The van der Waals surface area contributed by atoms with Crippen LogP contribution in [0, 0.1) is 0 Å². The van der Waals surface area contributed by atoms with Gasteiger partial charge in [-0.3, -0.25) is 9.59 Å². The van der Waals surface area contributed by atoms with Crippen LogP contribution in [0.15, 0.2) is 27.6 Å². The van der Waals surface area contributed by atoms with Crippen molar-refractivity contribution < 1.29 is 14.1 Å².